The molecule has 4 aromatic carbocycles. The maximum absolute atomic E-state index is 12.7. The summed E-state index contributed by atoms with van der Waals surface area (Å²) in [5.41, 5.74) is 8.08. The van der Waals surface area contributed by atoms with Gasteiger partial charge in [-0.25, -0.2) is 0 Å². The summed E-state index contributed by atoms with van der Waals surface area (Å²) in [6.45, 7) is 0. The van der Waals surface area contributed by atoms with E-state index in [-0.39, 0.29) is 5.78 Å². The van der Waals surface area contributed by atoms with Crippen molar-refractivity contribution in [1.29, 1.82) is 0 Å². The molecule has 0 fully saturated rings. The summed E-state index contributed by atoms with van der Waals surface area (Å²) in [5, 5.41) is 4.26. The largest absolute Gasteiger partial charge is 0.398 e. The first-order valence-electron chi connectivity index (χ1n) is 7.55. The molecule has 0 radical (unpaired) electrons. The number of anilines is 1. The third kappa shape index (κ3) is 2.25. The Morgan fingerprint density at radius 2 is 1.35 bits per heavy atom. The molecule has 0 aliphatic heterocycles. The summed E-state index contributed by atoms with van der Waals surface area (Å²) >= 11 is 0. The molecule has 0 heterocycles. The van der Waals surface area contributed by atoms with Crippen molar-refractivity contribution in [2.45, 2.75) is 0 Å². The van der Waals surface area contributed by atoms with Crippen molar-refractivity contribution < 1.29 is 4.79 Å². The number of hydrogen-bond acceptors (Lipinski definition) is 2. The molecule has 0 unspecified atom stereocenters. The summed E-state index contributed by atoms with van der Waals surface area (Å²) in [5.74, 6) is -0.0434. The number of nitrogens with two attached hydrogens (primary N) is 1. The summed E-state index contributed by atoms with van der Waals surface area (Å²) in [7, 11) is 0. The SMILES string of the molecule is Nc1c(C(=O)c2ccccc2)ccc2cc3ccccc3cc12. The van der Waals surface area contributed by atoms with Crippen LogP contribution in [-0.4, -0.2) is 5.78 Å². The maximum Gasteiger partial charge on any atom is 0.195 e. The van der Waals surface area contributed by atoms with Crippen molar-refractivity contribution in [3.05, 3.63) is 90.0 Å². The molecule has 0 aromatic heterocycles. The first kappa shape index (κ1) is 13.5. The fourth-order valence-corrected chi connectivity index (χ4v) is 2.98. The molecule has 2 N–H and O–H groups in total. The highest BCUT2D eigenvalue weighted by Gasteiger charge is 2.14. The van der Waals surface area contributed by atoms with Crippen molar-refractivity contribution in [2.75, 3.05) is 5.73 Å². The van der Waals surface area contributed by atoms with E-state index in [9.17, 15) is 4.79 Å². The van der Waals surface area contributed by atoms with Gasteiger partial charge in [-0.2, -0.15) is 0 Å². The fraction of sp³-hybridized carbons (Fsp3) is 0. The van der Waals surface area contributed by atoms with Gasteiger partial charge in [-0.15, -0.1) is 0 Å². The van der Waals surface area contributed by atoms with Crippen LogP contribution in [0.25, 0.3) is 21.5 Å². The molecule has 0 spiro atoms. The van der Waals surface area contributed by atoms with Crippen molar-refractivity contribution in [1.82, 2.24) is 0 Å². The van der Waals surface area contributed by atoms with Crippen LogP contribution in [-0.2, 0) is 0 Å². The monoisotopic (exact) mass is 297 g/mol. The van der Waals surface area contributed by atoms with Gasteiger partial charge in [0.2, 0.25) is 0 Å². The molecule has 23 heavy (non-hydrogen) atoms. The van der Waals surface area contributed by atoms with Crippen LogP contribution in [0.1, 0.15) is 15.9 Å². The molecule has 0 aliphatic carbocycles. The number of carbonyl (C=O) groups excluding carboxylic acids is 1. The average Bonchev–Trinajstić information content (AvgIpc) is 2.61. The molecule has 4 rings (SSSR count). The van der Waals surface area contributed by atoms with E-state index in [0.717, 1.165) is 16.2 Å². The lowest BCUT2D eigenvalue weighted by Gasteiger charge is -2.10. The van der Waals surface area contributed by atoms with Crippen LogP contribution in [0, 0.1) is 0 Å². The zero-order chi connectivity index (χ0) is 15.8. The van der Waals surface area contributed by atoms with Gasteiger partial charge in [-0.1, -0.05) is 60.7 Å². The van der Waals surface area contributed by atoms with Gasteiger partial charge < -0.3 is 5.73 Å². The van der Waals surface area contributed by atoms with E-state index in [1.54, 1.807) is 0 Å². The zero-order valence-electron chi connectivity index (χ0n) is 12.5. The van der Waals surface area contributed by atoms with Crippen LogP contribution in [0.4, 0.5) is 5.69 Å². The smallest absolute Gasteiger partial charge is 0.195 e. The van der Waals surface area contributed by atoms with Gasteiger partial charge in [-0.3, -0.25) is 4.79 Å². The number of carbonyl (C=O) groups is 1. The molecule has 0 amide bonds. The summed E-state index contributed by atoms with van der Waals surface area (Å²) in [6.07, 6.45) is 0. The minimum Gasteiger partial charge on any atom is -0.398 e. The standard InChI is InChI=1S/C21H15NO/c22-20-18(21(23)14-6-2-1-3-7-14)11-10-17-12-15-8-4-5-9-16(15)13-19(17)20/h1-13H,22H2. The predicted molar refractivity (Wildman–Crippen MR) is 95.7 cm³/mol. The second-order valence-electron chi connectivity index (χ2n) is 5.64. The first-order chi connectivity index (χ1) is 11.2. The molecule has 0 saturated heterocycles. The van der Waals surface area contributed by atoms with E-state index < -0.39 is 0 Å². The molecular weight excluding hydrogens is 282 g/mol. The van der Waals surface area contributed by atoms with Crippen LogP contribution < -0.4 is 5.73 Å². The Hall–Kier alpha value is -3.13. The van der Waals surface area contributed by atoms with Crippen molar-refractivity contribution in [3.63, 3.8) is 0 Å². The lowest BCUT2D eigenvalue weighted by Crippen LogP contribution is -2.05. The Morgan fingerprint density at radius 1 is 0.696 bits per heavy atom. The topological polar surface area (TPSA) is 43.1 Å². The van der Waals surface area contributed by atoms with E-state index in [1.807, 2.05) is 54.6 Å². The summed E-state index contributed by atoms with van der Waals surface area (Å²) < 4.78 is 0. The highest BCUT2D eigenvalue weighted by atomic mass is 16.1. The quantitative estimate of drug-likeness (QED) is 0.328. The normalized spacial score (nSPS) is 11.0. The molecule has 0 saturated carbocycles. The van der Waals surface area contributed by atoms with E-state index in [1.165, 1.54) is 5.39 Å². The number of fused-ring (bicyclic) bond motifs is 2. The Bertz CT molecular complexity index is 1040. The van der Waals surface area contributed by atoms with Gasteiger partial charge in [0, 0.05) is 16.5 Å². The molecule has 2 nitrogen and oxygen atoms in total. The van der Waals surface area contributed by atoms with E-state index in [2.05, 4.69) is 24.3 Å². The van der Waals surface area contributed by atoms with Crippen LogP contribution in [0.5, 0.6) is 0 Å². The Labute approximate surface area is 134 Å². The van der Waals surface area contributed by atoms with Gasteiger partial charge in [0.1, 0.15) is 0 Å². The summed E-state index contributed by atoms with van der Waals surface area (Å²) in [6, 6.07) is 25.3. The van der Waals surface area contributed by atoms with Gasteiger partial charge in [0.15, 0.2) is 5.78 Å². The predicted octanol–water partition coefficient (Wildman–Crippen LogP) is 4.81. The Kier molecular flexibility index (Phi) is 3.09. The average molecular weight is 297 g/mol. The summed E-state index contributed by atoms with van der Waals surface area (Å²) in [4.78, 5) is 12.7. The number of benzene rings is 4. The number of hydrogen-bond donors (Lipinski definition) is 1. The molecular formula is C21H15NO. The lowest BCUT2D eigenvalue weighted by atomic mass is 9.96. The third-order valence-electron chi connectivity index (χ3n) is 4.21. The molecule has 0 bridgehead atoms. The Morgan fingerprint density at radius 3 is 2.09 bits per heavy atom. The fourth-order valence-electron chi connectivity index (χ4n) is 2.98. The molecule has 0 aliphatic rings. The highest BCUT2D eigenvalue weighted by molar-refractivity contribution is 6.17. The molecule has 0 atom stereocenters. The van der Waals surface area contributed by atoms with Crippen molar-refractivity contribution >= 4 is 33.0 Å². The van der Waals surface area contributed by atoms with Gasteiger partial charge in [0.25, 0.3) is 0 Å². The van der Waals surface area contributed by atoms with Crippen molar-refractivity contribution in [3.8, 4) is 0 Å². The maximum atomic E-state index is 12.7. The van der Waals surface area contributed by atoms with E-state index >= 15 is 0 Å². The third-order valence-corrected chi connectivity index (χ3v) is 4.21. The minimum atomic E-state index is -0.0434. The number of rotatable bonds is 2. The highest BCUT2D eigenvalue weighted by Crippen LogP contribution is 2.30. The molecule has 2 heteroatoms. The van der Waals surface area contributed by atoms with Gasteiger partial charge in [0.05, 0.1) is 5.69 Å². The minimum absolute atomic E-state index is 0.0434. The van der Waals surface area contributed by atoms with Crippen LogP contribution in [0.15, 0.2) is 78.9 Å². The van der Waals surface area contributed by atoms with Gasteiger partial charge in [-0.05, 0) is 34.4 Å². The van der Waals surface area contributed by atoms with Crippen LogP contribution in [0.2, 0.25) is 0 Å². The van der Waals surface area contributed by atoms with E-state index in [4.69, 9.17) is 5.73 Å². The Balaban J connectivity index is 1.94. The lowest BCUT2D eigenvalue weighted by molar-refractivity contribution is 0.103. The van der Waals surface area contributed by atoms with E-state index in [0.29, 0.717) is 16.8 Å². The second kappa shape index (κ2) is 5.25. The number of ketones is 1. The van der Waals surface area contributed by atoms with Crippen molar-refractivity contribution in [2.24, 2.45) is 0 Å². The zero-order valence-corrected chi connectivity index (χ0v) is 12.5. The van der Waals surface area contributed by atoms with Crippen LogP contribution >= 0.6 is 0 Å². The molecule has 4 aromatic rings. The number of nitrogen functional groups attached to an aromatic ring is 1. The van der Waals surface area contributed by atoms with Crippen LogP contribution in [0.3, 0.4) is 0 Å². The van der Waals surface area contributed by atoms with Gasteiger partial charge >= 0.3 is 0 Å². The first-order valence-corrected chi connectivity index (χ1v) is 7.55. The second-order valence-corrected chi connectivity index (χ2v) is 5.64. The molecule has 110 valence electrons.